The van der Waals surface area contributed by atoms with Gasteiger partial charge in [0.15, 0.2) is 5.06 Å². The van der Waals surface area contributed by atoms with Crippen LogP contribution in [0.5, 0.6) is 5.06 Å². The Hall–Kier alpha value is -0.540. The Balaban J connectivity index is 2.59. The average molecular weight is 271 g/mol. The molecule has 1 nitrogen and oxygen atoms in total. The molecule has 0 unspecified atom stereocenters. The maximum Gasteiger partial charge on any atom is 0.174 e. The van der Waals surface area contributed by atoms with Crippen LogP contribution in [0.1, 0.15) is 12.5 Å². The van der Waals surface area contributed by atoms with E-state index in [0.717, 1.165) is 11.7 Å². The van der Waals surface area contributed by atoms with Gasteiger partial charge in [-0.3, -0.25) is 0 Å². The van der Waals surface area contributed by atoms with Crippen LogP contribution in [0, 0.1) is 6.92 Å². The molecule has 0 fully saturated rings. The first-order valence-corrected chi connectivity index (χ1v) is 6.14. The van der Waals surface area contributed by atoms with E-state index in [-0.39, 0.29) is 0 Å². The molecule has 0 aliphatic heterocycles. The lowest BCUT2D eigenvalue weighted by molar-refractivity contribution is 0.350. The molecule has 0 saturated heterocycles. The van der Waals surface area contributed by atoms with E-state index in [1.165, 1.54) is 20.1 Å². The maximum absolute atomic E-state index is 5.48. The number of rotatable bonds is 2. The van der Waals surface area contributed by atoms with Crippen molar-refractivity contribution in [3.63, 3.8) is 0 Å². The number of ether oxygens (including phenoxy) is 1. The van der Waals surface area contributed by atoms with E-state index in [4.69, 9.17) is 4.74 Å². The highest BCUT2D eigenvalue weighted by atomic mass is 79.9. The number of fused-ring (bicyclic) bond motifs is 1. The van der Waals surface area contributed by atoms with E-state index in [2.05, 4.69) is 41.1 Å². The van der Waals surface area contributed by atoms with Crippen molar-refractivity contribution >= 4 is 37.4 Å². The second-order valence-corrected chi connectivity index (χ2v) is 4.95. The van der Waals surface area contributed by atoms with E-state index >= 15 is 0 Å². The van der Waals surface area contributed by atoms with Crippen molar-refractivity contribution in [1.29, 1.82) is 0 Å². The first-order valence-electron chi connectivity index (χ1n) is 4.54. The topological polar surface area (TPSA) is 9.23 Å². The smallest absolute Gasteiger partial charge is 0.174 e. The molecule has 0 amide bonds. The zero-order valence-corrected chi connectivity index (χ0v) is 10.5. The van der Waals surface area contributed by atoms with Crippen LogP contribution in [0.3, 0.4) is 0 Å². The van der Waals surface area contributed by atoms with Crippen molar-refractivity contribution in [3.05, 3.63) is 28.2 Å². The fourth-order valence-corrected chi connectivity index (χ4v) is 2.95. The second kappa shape index (κ2) is 3.91. The highest BCUT2D eigenvalue weighted by Crippen LogP contribution is 2.37. The third-order valence-electron chi connectivity index (χ3n) is 2.09. The molecule has 0 radical (unpaired) electrons. The number of hydrogen-bond donors (Lipinski definition) is 0. The zero-order valence-electron chi connectivity index (χ0n) is 8.13. The molecule has 0 spiro atoms. The van der Waals surface area contributed by atoms with E-state index in [1.54, 1.807) is 11.3 Å². The fourth-order valence-electron chi connectivity index (χ4n) is 1.38. The Kier molecular flexibility index (Phi) is 2.79. The van der Waals surface area contributed by atoms with Gasteiger partial charge in [0.05, 0.1) is 6.61 Å². The summed E-state index contributed by atoms with van der Waals surface area (Å²) in [5.74, 6) is 0. The number of halogens is 1. The Morgan fingerprint density at radius 3 is 2.93 bits per heavy atom. The van der Waals surface area contributed by atoms with E-state index < -0.39 is 0 Å². The Morgan fingerprint density at radius 1 is 1.43 bits per heavy atom. The molecular weight excluding hydrogens is 260 g/mol. The number of hydrogen-bond acceptors (Lipinski definition) is 2. The highest BCUT2D eigenvalue weighted by Gasteiger charge is 2.06. The zero-order chi connectivity index (χ0) is 10.1. The Labute approximate surface area is 95.8 Å². The van der Waals surface area contributed by atoms with Gasteiger partial charge in [0.25, 0.3) is 0 Å². The van der Waals surface area contributed by atoms with Crippen molar-refractivity contribution < 1.29 is 4.74 Å². The van der Waals surface area contributed by atoms with Crippen LogP contribution in [0.25, 0.3) is 10.1 Å². The lowest BCUT2D eigenvalue weighted by Crippen LogP contribution is -1.86. The lowest BCUT2D eigenvalue weighted by Gasteiger charge is -1.97. The van der Waals surface area contributed by atoms with Gasteiger partial charge >= 0.3 is 0 Å². The maximum atomic E-state index is 5.48. The van der Waals surface area contributed by atoms with E-state index in [0.29, 0.717) is 0 Å². The molecule has 0 aliphatic rings. The van der Waals surface area contributed by atoms with Crippen LogP contribution >= 0.6 is 27.3 Å². The molecule has 2 rings (SSSR count). The SMILES string of the molecule is CCOc1cc2c(Br)c(C)ccc2s1. The van der Waals surface area contributed by atoms with Gasteiger partial charge in [-0.25, -0.2) is 0 Å². The Bertz CT molecular complexity index is 462. The van der Waals surface area contributed by atoms with Crippen LogP contribution in [0.2, 0.25) is 0 Å². The van der Waals surface area contributed by atoms with Crippen molar-refractivity contribution in [1.82, 2.24) is 0 Å². The van der Waals surface area contributed by atoms with E-state index in [1.807, 2.05) is 6.92 Å². The monoisotopic (exact) mass is 270 g/mol. The first-order chi connectivity index (χ1) is 6.72. The summed E-state index contributed by atoms with van der Waals surface area (Å²) in [6.07, 6.45) is 0. The normalized spacial score (nSPS) is 10.8. The van der Waals surface area contributed by atoms with E-state index in [9.17, 15) is 0 Å². The minimum atomic E-state index is 0.726. The van der Waals surface area contributed by atoms with Crippen LogP contribution in [-0.2, 0) is 0 Å². The molecule has 1 aromatic heterocycles. The van der Waals surface area contributed by atoms with Gasteiger partial charge in [-0.2, -0.15) is 0 Å². The molecule has 2 aromatic rings. The molecular formula is C11H11BrOS. The predicted octanol–water partition coefficient (Wildman–Crippen LogP) is 4.37. The quantitative estimate of drug-likeness (QED) is 0.788. The summed E-state index contributed by atoms with van der Waals surface area (Å²) in [5.41, 5.74) is 1.26. The van der Waals surface area contributed by atoms with Crippen molar-refractivity contribution in [3.8, 4) is 5.06 Å². The number of aryl methyl sites for hydroxylation is 1. The van der Waals surface area contributed by atoms with Gasteiger partial charge < -0.3 is 4.74 Å². The fraction of sp³-hybridized carbons (Fsp3) is 0.273. The molecule has 0 aliphatic carbocycles. The molecule has 0 bridgehead atoms. The van der Waals surface area contributed by atoms with Crippen molar-refractivity contribution in [2.45, 2.75) is 13.8 Å². The number of benzene rings is 1. The summed E-state index contributed by atoms with van der Waals surface area (Å²) in [7, 11) is 0. The molecule has 14 heavy (non-hydrogen) atoms. The van der Waals surface area contributed by atoms with Crippen LogP contribution < -0.4 is 4.74 Å². The van der Waals surface area contributed by atoms with Crippen LogP contribution in [0.15, 0.2) is 22.7 Å². The predicted molar refractivity (Wildman–Crippen MR) is 65.4 cm³/mol. The second-order valence-electron chi connectivity index (χ2n) is 3.11. The van der Waals surface area contributed by atoms with Gasteiger partial charge in [-0.15, -0.1) is 0 Å². The molecule has 0 N–H and O–H groups in total. The van der Waals surface area contributed by atoms with Crippen molar-refractivity contribution in [2.75, 3.05) is 6.61 Å². The summed E-state index contributed by atoms with van der Waals surface area (Å²) in [6, 6.07) is 6.36. The molecule has 1 aromatic carbocycles. The van der Waals surface area contributed by atoms with Gasteiger partial charge in [0, 0.05) is 20.6 Å². The largest absolute Gasteiger partial charge is 0.484 e. The summed E-state index contributed by atoms with van der Waals surface area (Å²) < 4.78 is 7.93. The van der Waals surface area contributed by atoms with Crippen LogP contribution in [-0.4, -0.2) is 6.61 Å². The van der Waals surface area contributed by atoms with Gasteiger partial charge in [-0.1, -0.05) is 17.4 Å². The number of thiophene rings is 1. The average Bonchev–Trinajstić information content (AvgIpc) is 2.56. The third kappa shape index (κ3) is 1.66. The summed E-state index contributed by atoms with van der Waals surface area (Å²) >= 11 is 5.29. The third-order valence-corrected chi connectivity index (χ3v) is 4.16. The minimum absolute atomic E-state index is 0.726. The van der Waals surface area contributed by atoms with Crippen molar-refractivity contribution in [2.24, 2.45) is 0 Å². The molecule has 1 heterocycles. The van der Waals surface area contributed by atoms with Gasteiger partial charge in [-0.05, 0) is 41.4 Å². The summed E-state index contributed by atoms with van der Waals surface area (Å²) in [5, 5.41) is 2.24. The standard InChI is InChI=1S/C11H11BrOS/c1-3-13-10-6-8-9(14-10)5-4-7(2)11(8)12/h4-6H,3H2,1-2H3. The summed E-state index contributed by atoms with van der Waals surface area (Å²) in [6.45, 7) is 4.83. The molecule has 3 heteroatoms. The molecule has 0 atom stereocenters. The van der Waals surface area contributed by atoms with Gasteiger partial charge in [0.1, 0.15) is 0 Å². The summed E-state index contributed by atoms with van der Waals surface area (Å²) in [4.78, 5) is 0. The Morgan fingerprint density at radius 2 is 2.21 bits per heavy atom. The first kappa shape index (κ1) is 9.99. The molecule has 74 valence electrons. The van der Waals surface area contributed by atoms with Crippen LogP contribution in [0.4, 0.5) is 0 Å². The molecule has 0 saturated carbocycles. The highest BCUT2D eigenvalue weighted by molar-refractivity contribution is 9.10. The lowest BCUT2D eigenvalue weighted by atomic mass is 10.2. The van der Waals surface area contributed by atoms with Gasteiger partial charge in [0.2, 0.25) is 0 Å². The minimum Gasteiger partial charge on any atom is -0.484 e.